The van der Waals surface area contributed by atoms with Crippen molar-refractivity contribution >= 4 is 16.9 Å². The molecule has 5 heteroatoms. The van der Waals surface area contributed by atoms with Gasteiger partial charge in [-0.25, -0.2) is 4.98 Å². The molecule has 1 fully saturated rings. The molecule has 2 aromatic rings. The molecular weight excluding hydrogens is 240 g/mol. The van der Waals surface area contributed by atoms with Gasteiger partial charge in [-0.05, 0) is 31.4 Å². The Morgan fingerprint density at radius 1 is 1.26 bits per heavy atom. The van der Waals surface area contributed by atoms with Crippen molar-refractivity contribution in [3.63, 3.8) is 0 Å². The van der Waals surface area contributed by atoms with Crippen LogP contribution in [0.25, 0.3) is 11.0 Å². The molecule has 1 heterocycles. The number of nitrogens with one attached hydrogen (secondary N) is 1. The summed E-state index contributed by atoms with van der Waals surface area (Å²) in [7, 11) is 0. The molecule has 1 aliphatic carbocycles. The molecule has 1 amide bonds. The van der Waals surface area contributed by atoms with Gasteiger partial charge in [0.1, 0.15) is 5.69 Å². The predicted molar refractivity (Wildman–Crippen MR) is 72.6 cm³/mol. The van der Waals surface area contributed by atoms with E-state index in [1.807, 2.05) is 24.3 Å². The van der Waals surface area contributed by atoms with Gasteiger partial charge < -0.3 is 11.1 Å². The van der Waals surface area contributed by atoms with Gasteiger partial charge in [-0.3, -0.25) is 9.78 Å². The third-order valence-corrected chi connectivity index (χ3v) is 3.57. The molecule has 1 saturated carbocycles. The zero-order valence-corrected chi connectivity index (χ0v) is 10.5. The first-order valence-corrected chi connectivity index (χ1v) is 6.52. The number of nitrogens with two attached hydrogens (primary N) is 1. The molecule has 5 nitrogen and oxygen atoms in total. The number of hydrogen-bond acceptors (Lipinski definition) is 4. The average molecular weight is 256 g/mol. The number of para-hydroxylation sites is 2. The Balaban J connectivity index is 1.81. The summed E-state index contributed by atoms with van der Waals surface area (Å²) in [5, 5.41) is 2.94. The SMILES string of the molecule is NC1CCCC1NC(=O)c1cnc2ccccc2n1. The number of benzene rings is 1. The van der Waals surface area contributed by atoms with E-state index < -0.39 is 0 Å². The first kappa shape index (κ1) is 12.0. The van der Waals surface area contributed by atoms with Gasteiger partial charge in [-0.2, -0.15) is 0 Å². The van der Waals surface area contributed by atoms with Crippen LogP contribution < -0.4 is 11.1 Å². The van der Waals surface area contributed by atoms with Crippen LogP contribution in [0.4, 0.5) is 0 Å². The zero-order valence-electron chi connectivity index (χ0n) is 10.5. The van der Waals surface area contributed by atoms with Crippen LogP contribution in [0.1, 0.15) is 29.8 Å². The summed E-state index contributed by atoms with van der Waals surface area (Å²) in [5.74, 6) is -0.194. The van der Waals surface area contributed by atoms with Gasteiger partial charge in [-0.15, -0.1) is 0 Å². The van der Waals surface area contributed by atoms with Gasteiger partial charge in [0, 0.05) is 12.1 Å². The fraction of sp³-hybridized carbons (Fsp3) is 0.357. The third-order valence-electron chi connectivity index (χ3n) is 3.57. The number of rotatable bonds is 2. The normalized spacial score (nSPS) is 22.6. The molecule has 0 aliphatic heterocycles. The molecule has 3 N–H and O–H groups in total. The number of aromatic nitrogens is 2. The lowest BCUT2D eigenvalue weighted by Gasteiger charge is -2.16. The second kappa shape index (κ2) is 4.93. The Morgan fingerprint density at radius 2 is 2.05 bits per heavy atom. The van der Waals surface area contributed by atoms with E-state index in [2.05, 4.69) is 15.3 Å². The topological polar surface area (TPSA) is 80.9 Å². The maximum atomic E-state index is 12.1. The highest BCUT2D eigenvalue weighted by molar-refractivity contribution is 5.94. The van der Waals surface area contributed by atoms with E-state index in [1.54, 1.807) is 0 Å². The van der Waals surface area contributed by atoms with Crippen LogP contribution in [-0.4, -0.2) is 28.0 Å². The van der Waals surface area contributed by atoms with Crippen LogP contribution in [0.15, 0.2) is 30.5 Å². The molecule has 0 spiro atoms. The summed E-state index contributed by atoms with van der Waals surface area (Å²) in [6.07, 6.45) is 4.48. The third kappa shape index (κ3) is 2.42. The molecule has 0 saturated heterocycles. The van der Waals surface area contributed by atoms with Crippen molar-refractivity contribution in [2.24, 2.45) is 5.73 Å². The van der Waals surface area contributed by atoms with Crippen LogP contribution in [0.3, 0.4) is 0 Å². The van der Waals surface area contributed by atoms with E-state index in [4.69, 9.17) is 5.73 Å². The highest BCUT2D eigenvalue weighted by Gasteiger charge is 2.26. The maximum Gasteiger partial charge on any atom is 0.271 e. The summed E-state index contributed by atoms with van der Waals surface area (Å²) in [4.78, 5) is 20.7. The fourth-order valence-corrected chi connectivity index (χ4v) is 2.48. The quantitative estimate of drug-likeness (QED) is 0.847. The second-order valence-electron chi connectivity index (χ2n) is 4.92. The summed E-state index contributed by atoms with van der Waals surface area (Å²) < 4.78 is 0. The lowest BCUT2D eigenvalue weighted by molar-refractivity contribution is 0.0929. The van der Waals surface area contributed by atoms with Crippen molar-refractivity contribution in [2.75, 3.05) is 0 Å². The van der Waals surface area contributed by atoms with Gasteiger partial charge in [-0.1, -0.05) is 12.1 Å². The van der Waals surface area contributed by atoms with Crippen molar-refractivity contribution < 1.29 is 4.79 Å². The minimum Gasteiger partial charge on any atom is -0.346 e. The van der Waals surface area contributed by atoms with Gasteiger partial charge in [0.05, 0.1) is 17.2 Å². The van der Waals surface area contributed by atoms with Crippen molar-refractivity contribution in [3.05, 3.63) is 36.2 Å². The molecule has 2 unspecified atom stereocenters. The van der Waals surface area contributed by atoms with E-state index in [0.717, 1.165) is 30.3 Å². The summed E-state index contributed by atoms with van der Waals surface area (Å²) in [6, 6.07) is 7.61. The molecule has 98 valence electrons. The molecule has 0 radical (unpaired) electrons. The summed E-state index contributed by atoms with van der Waals surface area (Å²) >= 11 is 0. The molecule has 19 heavy (non-hydrogen) atoms. The Labute approximate surface area is 111 Å². The monoisotopic (exact) mass is 256 g/mol. The van der Waals surface area contributed by atoms with Crippen molar-refractivity contribution in [1.29, 1.82) is 0 Å². The highest BCUT2D eigenvalue weighted by Crippen LogP contribution is 2.17. The van der Waals surface area contributed by atoms with Crippen LogP contribution >= 0.6 is 0 Å². The van der Waals surface area contributed by atoms with Gasteiger partial charge >= 0.3 is 0 Å². The van der Waals surface area contributed by atoms with E-state index in [0.29, 0.717) is 5.69 Å². The molecule has 1 aromatic heterocycles. The van der Waals surface area contributed by atoms with Gasteiger partial charge in [0.2, 0.25) is 0 Å². The van der Waals surface area contributed by atoms with Crippen molar-refractivity contribution in [3.8, 4) is 0 Å². The number of amides is 1. The highest BCUT2D eigenvalue weighted by atomic mass is 16.2. The maximum absolute atomic E-state index is 12.1. The van der Waals surface area contributed by atoms with Crippen LogP contribution in [0.5, 0.6) is 0 Å². The number of nitrogens with zero attached hydrogens (tertiary/aromatic N) is 2. The van der Waals surface area contributed by atoms with E-state index in [-0.39, 0.29) is 18.0 Å². The fourth-order valence-electron chi connectivity index (χ4n) is 2.48. The summed E-state index contributed by atoms with van der Waals surface area (Å²) in [5.41, 5.74) is 7.81. The molecule has 1 aromatic carbocycles. The van der Waals surface area contributed by atoms with Crippen LogP contribution in [0, 0.1) is 0 Å². The second-order valence-corrected chi connectivity index (χ2v) is 4.92. The molecule has 1 aliphatic rings. The Kier molecular flexibility index (Phi) is 3.13. The van der Waals surface area contributed by atoms with Crippen molar-refractivity contribution in [1.82, 2.24) is 15.3 Å². The van der Waals surface area contributed by atoms with Gasteiger partial charge in [0.15, 0.2) is 0 Å². The Hall–Kier alpha value is -2.01. The van der Waals surface area contributed by atoms with Crippen LogP contribution in [-0.2, 0) is 0 Å². The lowest BCUT2D eigenvalue weighted by atomic mass is 10.2. The molecule has 0 bridgehead atoms. The first-order valence-electron chi connectivity index (χ1n) is 6.52. The number of fused-ring (bicyclic) bond motifs is 1. The molecule has 3 rings (SSSR count). The smallest absolute Gasteiger partial charge is 0.271 e. The number of hydrogen-bond donors (Lipinski definition) is 2. The Bertz CT molecular complexity index is 613. The summed E-state index contributed by atoms with van der Waals surface area (Å²) in [6.45, 7) is 0. The number of carbonyl (C=O) groups is 1. The standard InChI is InChI=1S/C14H16N4O/c15-9-4-3-7-10(9)18-14(19)13-8-16-11-5-1-2-6-12(11)17-13/h1-2,5-6,8-10H,3-4,7,15H2,(H,18,19). The van der Waals surface area contributed by atoms with E-state index >= 15 is 0 Å². The molecule has 2 atom stereocenters. The number of carbonyl (C=O) groups excluding carboxylic acids is 1. The minimum atomic E-state index is -0.194. The Morgan fingerprint density at radius 3 is 2.79 bits per heavy atom. The van der Waals surface area contributed by atoms with Crippen LogP contribution in [0.2, 0.25) is 0 Å². The predicted octanol–water partition coefficient (Wildman–Crippen LogP) is 1.24. The van der Waals surface area contributed by atoms with Crippen molar-refractivity contribution in [2.45, 2.75) is 31.3 Å². The van der Waals surface area contributed by atoms with Gasteiger partial charge in [0.25, 0.3) is 5.91 Å². The zero-order chi connectivity index (χ0) is 13.2. The first-order chi connectivity index (χ1) is 9.24. The average Bonchev–Trinajstić information content (AvgIpc) is 2.84. The largest absolute Gasteiger partial charge is 0.346 e. The minimum absolute atomic E-state index is 0.0531. The molecular formula is C14H16N4O. The lowest BCUT2D eigenvalue weighted by Crippen LogP contribution is -2.44. The van der Waals surface area contributed by atoms with E-state index in [9.17, 15) is 4.79 Å². The van der Waals surface area contributed by atoms with E-state index in [1.165, 1.54) is 6.20 Å².